The summed E-state index contributed by atoms with van der Waals surface area (Å²) in [5, 5.41) is 2.10. The molecule has 0 fully saturated rings. The fourth-order valence-electron chi connectivity index (χ4n) is 6.06. The summed E-state index contributed by atoms with van der Waals surface area (Å²) in [6.45, 7) is 13.2. The molecule has 8 aromatic rings. The van der Waals surface area contributed by atoms with E-state index in [0.29, 0.717) is 0 Å². The summed E-state index contributed by atoms with van der Waals surface area (Å²) < 4.78 is 4.35. The van der Waals surface area contributed by atoms with Crippen LogP contribution in [0.1, 0.15) is 52.9 Å². The number of fused-ring (bicyclic) bond motifs is 10. The van der Waals surface area contributed by atoms with Crippen molar-refractivity contribution in [1.82, 2.24) is 28.7 Å². The third-order valence-corrected chi connectivity index (χ3v) is 8.36. The van der Waals surface area contributed by atoms with E-state index in [-0.39, 0.29) is 10.8 Å². The second-order valence-electron chi connectivity index (χ2n) is 13.3. The van der Waals surface area contributed by atoms with Gasteiger partial charge in [0.15, 0.2) is 0 Å². The Kier molecular flexibility index (Phi) is 4.95. The molecule has 2 aromatic carbocycles. The van der Waals surface area contributed by atoms with Crippen molar-refractivity contribution in [1.29, 1.82) is 0 Å². The number of hydrogen-bond donors (Lipinski definition) is 0. The minimum atomic E-state index is -0.0172. The van der Waals surface area contributed by atoms with E-state index in [1.165, 1.54) is 0 Å². The molecule has 0 atom stereocenters. The molecular formula is C36H32N6. The van der Waals surface area contributed by atoms with Crippen LogP contribution in [0.2, 0.25) is 0 Å². The number of pyridine rings is 4. The Morgan fingerprint density at radius 2 is 0.905 bits per heavy atom. The highest BCUT2D eigenvalue weighted by Crippen LogP contribution is 2.36. The zero-order valence-corrected chi connectivity index (χ0v) is 24.8. The zero-order valence-electron chi connectivity index (χ0n) is 24.8. The Labute approximate surface area is 243 Å². The molecule has 42 heavy (non-hydrogen) atoms. The summed E-state index contributed by atoms with van der Waals surface area (Å²) in [5.74, 6) is 0. The largest absolute Gasteiger partial charge is 0.299 e. The van der Waals surface area contributed by atoms with Gasteiger partial charge in [0, 0.05) is 56.5 Å². The lowest BCUT2D eigenvalue weighted by molar-refractivity contribution is 0.571. The van der Waals surface area contributed by atoms with Gasteiger partial charge in [0.1, 0.15) is 11.3 Å². The summed E-state index contributed by atoms with van der Waals surface area (Å²) >= 11 is 0. The van der Waals surface area contributed by atoms with E-state index in [1.54, 1.807) is 0 Å². The van der Waals surface area contributed by atoms with Crippen molar-refractivity contribution in [2.24, 2.45) is 0 Å². The van der Waals surface area contributed by atoms with Gasteiger partial charge < -0.3 is 0 Å². The lowest BCUT2D eigenvalue weighted by atomic mass is 9.91. The molecule has 0 unspecified atom stereocenters. The maximum atomic E-state index is 5.23. The van der Waals surface area contributed by atoms with Gasteiger partial charge in [-0.3, -0.25) is 18.8 Å². The van der Waals surface area contributed by atoms with Crippen LogP contribution in [0.3, 0.4) is 0 Å². The molecule has 6 heteroatoms. The Bertz CT molecular complexity index is 2210. The minimum Gasteiger partial charge on any atom is -0.299 e. The molecule has 8 rings (SSSR count). The van der Waals surface area contributed by atoms with Crippen LogP contribution in [0.15, 0.2) is 85.2 Å². The molecule has 0 bridgehead atoms. The van der Waals surface area contributed by atoms with Crippen molar-refractivity contribution >= 4 is 55.2 Å². The van der Waals surface area contributed by atoms with Crippen LogP contribution in [0.25, 0.3) is 66.3 Å². The smallest absolute Gasteiger partial charge is 0.147 e. The van der Waals surface area contributed by atoms with Gasteiger partial charge >= 0.3 is 0 Å². The van der Waals surface area contributed by atoms with Gasteiger partial charge in [-0.1, -0.05) is 65.8 Å². The van der Waals surface area contributed by atoms with E-state index in [9.17, 15) is 0 Å². The summed E-state index contributed by atoms with van der Waals surface area (Å²) in [7, 11) is 0. The van der Waals surface area contributed by atoms with Gasteiger partial charge in [0.25, 0.3) is 0 Å². The maximum absolute atomic E-state index is 5.23. The molecule has 0 saturated carbocycles. The van der Waals surface area contributed by atoms with Crippen molar-refractivity contribution in [3.63, 3.8) is 0 Å². The van der Waals surface area contributed by atoms with Crippen LogP contribution in [0, 0.1) is 0 Å². The number of rotatable bonds is 1. The monoisotopic (exact) mass is 548 g/mol. The van der Waals surface area contributed by atoms with Crippen LogP contribution in [0.5, 0.6) is 0 Å². The second-order valence-corrected chi connectivity index (χ2v) is 13.3. The minimum absolute atomic E-state index is 0.0172. The third-order valence-electron chi connectivity index (χ3n) is 8.36. The Hall–Kier alpha value is -4.84. The van der Waals surface area contributed by atoms with Crippen LogP contribution in [-0.2, 0) is 10.8 Å². The molecular weight excluding hydrogens is 516 g/mol. The lowest BCUT2D eigenvalue weighted by Crippen LogP contribution is -2.13. The van der Waals surface area contributed by atoms with Crippen molar-refractivity contribution in [2.75, 3.05) is 0 Å². The fraction of sp³-hybridized carbons (Fsp3) is 0.222. The molecule has 0 spiro atoms. The predicted molar refractivity (Wildman–Crippen MR) is 172 cm³/mol. The quantitative estimate of drug-likeness (QED) is 0.206. The van der Waals surface area contributed by atoms with Gasteiger partial charge in [0.2, 0.25) is 0 Å². The third kappa shape index (κ3) is 3.57. The topological polar surface area (TPSA) is 60.4 Å². The molecule has 0 amide bonds. The average molecular weight is 549 g/mol. The number of imidazole rings is 2. The molecule has 6 heterocycles. The standard InChI is InChI=1S/C36H32N6/c1-35(2,3)29-15-13-23-25(37-29)17-19-41-27-11-7-9-21(31(27)39-33(23)41)22-10-8-12-28-32(22)40-34-24-14-16-30(36(4,5)6)38-26(24)18-20-42(28)34/h7-20H,1-6H3. The SMILES string of the molecule is CC(C)(C)c1ccc2c(ccn3c4cccc(-c5cccc6c5nc5c7ccc(C(C)(C)C)nc7ccn65)c4nc23)n1. The van der Waals surface area contributed by atoms with E-state index in [1.807, 2.05) is 0 Å². The molecule has 0 N–H and O–H groups in total. The van der Waals surface area contributed by atoms with E-state index >= 15 is 0 Å². The predicted octanol–water partition coefficient (Wildman–Crippen LogP) is 8.65. The van der Waals surface area contributed by atoms with Crippen molar-refractivity contribution < 1.29 is 0 Å². The van der Waals surface area contributed by atoms with Gasteiger partial charge in [-0.2, -0.15) is 0 Å². The number of nitrogens with zero attached hydrogens (tertiary/aromatic N) is 6. The van der Waals surface area contributed by atoms with Crippen LogP contribution in [-0.4, -0.2) is 28.7 Å². The van der Waals surface area contributed by atoms with Gasteiger partial charge in [-0.15, -0.1) is 0 Å². The molecule has 0 radical (unpaired) electrons. The van der Waals surface area contributed by atoms with Crippen molar-refractivity contribution in [2.45, 2.75) is 52.4 Å². The summed E-state index contributed by atoms with van der Waals surface area (Å²) in [4.78, 5) is 20.4. The van der Waals surface area contributed by atoms with Gasteiger partial charge in [-0.05, 0) is 48.5 Å². The maximum Gasteiger partial charge on any atom is 0.147 e. The van der Waals surface area contributed by atoms with E-state index < -0.39 is 0 Å². The summed E-state index contributed by atoms with van der Waals surface area (Å²) in [5.41, 5.74) is 12.0. The van der Waals surface area contributed by atoms with Crippen LogP contribution in [0.4, 0.5) is 0 Å². The molecule has 6 nitrogen and oxygen atoms in total. The second kappa shape index (κ2) is 8.35. The number of aromatic nitrogens is 6. The summed E-state index contributed by atoms with van der Waals surface area (Å²) in [6.07, 6.45) is 4.18. The first-order valence-corrected chi connectivity index (χ1v) is 14.5. The Morgan fingerprint density at radius 1 is 0.476 bits per heavy atom. The molecule has 0 aliphatic heterocycles. The molecule has 6 aromatic heterocycles. The number of benzene rings is 2. The normalized spacial score (nSPS) is 13.0. The first-order valence-electron chi connectivity index (χ1n) is 14.5. The highest BCUT2D eigenvalue weighted by atomic mass is 15.0. The highest BCUT2D eigenvalue weighted by molar-refractivity contribution is 6.07. The fourth-order valence-corrected chi connectivity index (χ4v) is 6.06. The highest BCUT2D eigenvalue weighted by Gasteiger charge is 2.20. The van der Waals surface area contributed by atoms with E-state index in [0.717, 1.165) is 77.7 Å². The zero-order chi connectivity index (χ0) is 29.0. The first kappa shape index (κ1) is 24.9. The van der Waals surface area contributed by atoms with Crippen LogP contribution < -0.4 is 0 Å². The molecule has 206 valence electrons. The van der Waals surface area contributed by atoms with Crippen LogP contribution >= 0.6 is 0 Å². The number of hydrogen-bond acceptors (Lipinski definition) is 4. The molecule has 0 aliphatic rings. The summed E-state index contributed by atoms with van der Waals surface area (Å²) in [6, 6.07) is 25.6. The molecule has 0 aliphatic carbocycles. The Morgan fingerprint density at radius 3 is 1.31 bits per heavy atom. The average Bonchev–Trinajstić information content (AvgIpc) is 3.54. The molecule has 0 saturated heterocycles. The van der Waals surface area contributed by atoms with E-state index in [4.69, 9.17) is 19.9 Å². The first-order chi connectivity index (χ1) is 20.1. The van der Waals surface area contributed by atoms with Crippen molar-refractivity contribution in [3.8, 4) is 11.1 Å². The van der Waals surface area contributed by atoms with Crippen molar-refractivity contribution in [3.05, 3.63) is 96.6 Å². The number of para-hydroxylation sites is 2. The van der Waals surface area contributed by atoms with E-state index in [2.05, 4.69) is 136 Å². The van der Waals surface area contributed by atoms with Gasteiger partial charge in [-0.25, -0.2) is 9.97 Å². The Balaban J connectivity index is 1.37. The van der Waals surface area contributed by atoms with Gasteiger partial charge in [0.05, 0.1) is 33.1 Å². The lowest BCUT2D eigenvalue weighted by Gasteiger charge is -2.18.